The predicted octanol–water partition coefficient (Wildman–Crippen LogP) is 2.62. The van der Waals surface area contributed by atoms with E-state index in [1.807, 2.05) is 24.3 Å². The van der Waals surface area contributed by atoms with E-state index in [2.05, 4.69) is 15.8 Å². The van der Waals surface area contributed by atoms with Crippen molar-refractivity contribution < 1.29 is 14.3 Å². The first-order chi connectivity index (χ1) is 12.0. The van der Waals surface area contributed by atoms with Crippen LogP contribution in [0.1, 0.15) is 22.8 Å². The number of hydrogen-bond acceptors (Lipinski definition) is 4. The van der Waals surface area contributed by atoms with Crippen molar-refractivity contribution in [2.24, 2.45) is 5.10 Å². The molecule has 0 saturated carbocycles. The third-order valence-corrected chi connectivity index (χ3v) is 3.62. The Kier molecular flexibility index (Phi) is 6.54. The molecule has 0 heterocycles. The maximum atomic E-state index is 11.9. The third kappa shape index (κ3) is 5.61. The summed E-state index contributed by atoms with van der Waals surface area (Å²) in [4.78, 5) is 23.7. The summed E-state index contributed by atoms with van der Waals surface area (Å²) in [5.41, 5.74) is 4.33. The molecule has 130 valence electrons. The molecule has 0 bridgehead atoms. The Hall–Kier alpha value is -2.86. The second-order valence-electron chi connectivity index (χ2n) is 5.15. The van der Waals surface area contributed by atoms with Crippen molar-refractivity contribution in [2.45, 2.75) is 6.92 Å². The minimum atomic E-state index is -0.421. The molecule has 0 atom stereocenters. The Morgan fingerprint density at radius 1 is 1.04 bits per heavy atom. The van der Waals surface area contributed by atoms with Crippen LogP contribution in [-0.2, 0) is 4.79 Å². The minimum absolute atomic E-state index is 0.180. The van der Waals surface area contributed by atoms with Gasteiger partial charge in [-0.1, -0.05) is 11.6 Å². The second-order valence-corrected chi connectivity index (χ2v) is 5.59. The molecule has 2 aromatic rings. The maximum Gasteiger partial charge on any atom is 0.259 e. The molecule has 0 aliphatic rings. The number of nitrogens with one attached hydrogen (secondary N) is 2. The summed E-state index contributed by atoms with van der Waals surface area (Å²) in [7, 11) is 1.59. The molecule has 0 fully saturated rings. The largest absolute Gasteiger partial charge is 0.497 e. The van der Waals surface area contributed by atoms with Gasteiger partial charge in [0.2, 0.25) is 0 Å². The van der Waals surface area contributed by atoms with Crippen LogP contribution in [0.4, 0.5) is 0 Å². The molecular weight excluding hydrogens is 342 g/mol. The van der Waals surface area contributed by atoms with Gasteiger partial charge < -0.3 is 10.1 Å². The Balaban J connectivity index is 1.84. The number of nitrogens with zero attached hydrogens (tertiary/aromatic N) is 1. The molecule has 7 heteroatoms. The van der Waals surface area contributed by atoms with Crippen LogP contribution in [0.15, 0.2) is 53.6 Å². The number of halogens is 1. The molecule has 2 rings (SSSR count). The molecule has 0 aromatic heterocycles. The zero-order valence-electron chi connectivity index (χ0n) is 13.9. The van der Waals surface area contributed by atoms with Gasteiger partial charge in [0.25, 0.3) is 11.8 Å². The molecule has 0 radical (unpaired) electrons. The van der Waals surface area contributed by atoms with Gasteiger partial charge in [-0.05, 0) is 61.0 Å². The fourth-order valence-electron chi connectivity index (χ4n) is 1.95. The minimum Gasteiger partial charge on any atom is -0.497 e. The highest BCUT2D eigenvalue weighted by Gasteiger charge is 2.07. The molecule has 6 nitrogen and oxygen atoms in total. The van der Waals surface area contributed by atoms with Crippen molar-refractivity contribution in [3.8, 4) is 5.75 Å². The van der Waals surface area contributed by atoms with Crippen molar-refractivity contribution in [2.75, 3.05) is 13.7 Å². The first-order valence-corrected chi connectivity index (χ1v) is 7.88. The van der Waals surface area contributed by atoms with E-state index in [1.165, 1.54) is 0 Å². The molecular formula is C18H18ClN3O3. The number of carbonyl (C=O) groups excluding carboxylic acids is 2. The number of carbonyl (C=O) groups is 2. The summed E-state index contributed by atoms with van der Waals surface area (Å²) in [5, 5.41) is 7.08. The topological polar surface area (TPSA) is 79.8 Å². The zero-order valence-corrected chi connectivity index (χ0v) is 14.6. The lowest BCUT2D eigenvalue weighted by atomic mass is 10.1. The van der Waals surface area contributed by atoms with E-state index in [4.69, 9.17) is 16.3 Å². The van der Waals surface area contributed by atoms with E-state index < -0.39 is 5.91 Å². The van der Waals surface area contributed by atoms with Crippen molar-refractivity contribution in [3.05, 3.63) is 64.7 Å². The van der Waals surface area contributed by atoms with Gasteiger partial charge in [-0.3, -0.25) is 9.59 Å². The molecule has 0 spiro atoms. The summed E-state index contributed by atoms with van der Waals surface area (Å²) >= 11 is 5.76. The molecule has 2 amide bonds. The van der Waals surface area contributed by atoms with Crippen molar-refractivity contribution in [1.82, 2.24) is 10.7 Å². The predicted molar refractivity (Wildman–Crippen MR) is 97.1 cm³/mol. The third-order valence-electron chi connectivity index (χ3n) is 3.37. The summed E-state index contributed by atoms with van der Waals surface area (Å²) < 4.78 is 5.09. The first-order valence-electron chi connectivity index (χ1n) is 7.51. The first kappa shape index (κ1) is 18.5. The number of hydrazone groups is 1. The molecule has 2 N–H and O–H groups in total. The van der Waals surface area contributed by atoms with Gasteiger partial charge in [0.15, 0.2) is 0 Å². The van der Waals surface area contributed by atoms with Gasteiger partial charge in [-0.15, -0.1) is 0 Å². The number of ether oxygens (including phenoxy) is 1. The van der Waals surface area contributed by atoms with Gasteiger partial charge in [0.05, 0.1) is 19.4 Å². The van der Waals surface area contributed by atoms with Crippen LogP contribution in [0.5, 0.6) is 5.75 Å². The summed E-state index contributed by atoms with van der Waals surface area (Å²) in [5.74, 6) is -0.0386. The summed E-state index contributed by atoms with van der Waals surface area (Å²) in [6.45, 7) is 1.59. The summed E-state index contributed by atoms with van der Waals surface area (Å²) in [6.07, 6.45) is 0. The fraction of sp³-hybridized carbons (Fsp3) is 0.167. The van der Waals surface area contributed by atoms with Crippen molar-refractivity contribution in [3.63, 3.8) is 0 Å². The quantitative estimate of drug-likeness (QED) is 0.614. The number of amides is 2. The van der Waals surface area contributed by atoms with E-state index in [1.54, 1.807) is 38.3 Å². The van der Waals surface area contributed by atoms with Gasteiger partial charge in [-0.25, -0.2) is 5.43 Å². The SMILES string of the molecule is COc1ccc(/C(C)=N\NC(=O)CNC(=O)c2ccc(Cl)cc2)cc1. The standard InChI is InChI=1S/C18H18ClN3O3/c1-12(13-5-9-16(25-2)10-6-13)21-22-17(23)11-20-18(24)14-3-7-15(19)8-4-14/h3-10H,11H2,1-2H3,(H,20,24)(H,22,23)/b21-12-. The zero-order chi connectivity index (χ0) is 18.2. The van der Waals surface area contributed by atoms with Gasteiger partial charge in [-0.2, -0.15) is 5.10 Å². The highest BCUT2D eigenvalue weighted by Crippen LogP contribution is 2.12. The fourth-order valence-corrected chi connectivity index (χ4v) is 2.07. The van der Waals surface area contributed by atoms with E-state index in [0.29, 0.717) is 16.3 Å². The van der Waals surface area contributed by atoms with Crippen LogP contribution in [0.25, 0.3) is 0 Å². The Morgan fingerprint density at radius 3 is 2.24 bits per heavy atom. The lowest BCUT2D eigenvalue weighted by Gasteiger charge is -2.06. The Bertz CT molecular complexity index is 771. The lowest BCUT2D eigenvalue weighted by molar-refractivity contribution is -0.120. The van der Waals surface area contributed by atoms with Gasteiger partial charge in [0, 0.05) is 10.6 Å². The van der Waals surface area contributed by atoms with Crippen LogP contribution < -0.4 is 15.5 Å². The Morgan fingerprint density at radius 2 is 1.64 bits per heavy atom. The van der Waals surface area contributed by atoms with Crippen LogP contribution in [0, 0.1) is 0 Å². The van der Waals surface area contributed by atoms with Crippen molar-refractivity contribution >= 4 is 29.1 Å². The molecule has 0 saturated heterocycles. The number of benzene rings is 2. The van der Waals surface area contributed by atoms with E-state index in [-0.39, 0.29) is 12.5 Å². The maximum absolute atomic E-state index is 11.9. The smallest absolute Gasteiger partial charge is 0.259 e. The molecule has 0 aliphatic carbocycles. The van der Waals surface area contributed by atoms with Gasteiger partial charge >= 0.3 is 0 Å². The number of hydrogen-bond donors (Lipinski definition) is 2. The normalized spacial score (nSPS) is 10.9. The van der Waals surface area contributed by atoms with Gasteiger partial charge in [0.1, 0.15) is 5.75 Å². The lowest BCUT2D eigenvalue weighted by Crippen LogP contribution is -2.35. The van der Waals surface area contributed by atoms with E-state index in [9.17, 15) is 9.59 Å². The van der Waals surface area contributed by atoms with Crippen molar-refractivity contribution in [1.29, 1.82) is 0 Å². The number of methoxy groups -OCH3 is 1. The monoisotopic (exact) mass is 359 g/mol. The van der Waals surface area contributed by atoms with Crippen LogP contribution in [-0.4, -0.2) is 31.2 Å². The van der Waals surface area contributed by atoms with E-state index in [0.717, 1.165) is 11.3 Å². The number of rotatable bonds is 6. The van der Waals surface area contributed by atoms with E-state index >= 15 is 0 Å². The summed E-state index contributed by atoms with van der Waals surface area (Å²) in [6, 6.07) is 13.7. The van der Waals surface area contributed by atoms with Crippen LogP contribution in [0.3, 0.4) is 0 Å². The van der Waals surface area contributed by atoms with Crippen LogP contribution >= 0.6 is 11.6 Å². The highest BCUT2D eigenvalue weighted by molar-refractivity contribution is 6.30. The average Bonchev–Trinajstić information content (AvgIpc) is 2.64. The second kappa shape index (κ2) is 8.84. The highest BCUT2D eigenvalue weighted by atomic mass is 35.5. The van der Waals surface area contributed by atoms with Crippen LogP contribution in [0.2, 0.25) is 5.02 Å². The molecule has 25 heavy (non-hydrogen) atoms. The molecule has 0 unspecified atom stereocenters. The molecule has 0 aliphatic heterocycles. The Labute approximate surface area is 150 Å². The molecule has 2 aromatic carbocycles. The average molecular weight is 360 g/mol.